The largest absolute Gasteiger partial charge is 0.258 e. The van der Waals surface area contributed by atoms with Crippen LogP contribution in [0.25, 0.3) is 0 Å². The van der Waals surface area contributed by atoms with Gasteiger partial charge in [-0.15, -0.1) is 0 Å². The summed E-state index contributed by atoms with van der Waals surface area (Å²) in [6, 6.07) is 4.38. The van der Waals surface area contributed by atoms with Gasteiger partial charge in [0.05, 0.1) is 6.04 Å². The summed E-state index contributed by atoms with van der Waals surface area (Å²) < 4.78 is 0. The Kier molecular flexibility index (Phi) is 4.16. The number of hydrogen-bond acceptors (Lipinski definition) is 3. The third kappa shape index (κ3) is 2.73. The molecule has 0 amide bonds. The number of hydrazine groups is 1. The van der Waals surface area contributed by atoms with E-state index in [0.717, 1.165) is 6.54 Å². The van der Waals surface area contributed by atoms with E-state index in [1.54, 1.807) is 0 Å². The molecule has 1 atom stereocenters. The molecule has 4 heteroatoms. The van der Waals surface area contributed by atoms with Gasteiger partial charge >= 0.3 is 0 Å². The number of nitrogens with one attached hydrogen (secondary N) is 1. The molecule has 0 aromatic carbocycles. The fourth-order valence-electron chi connectivity index (χ4n) is 2.31. The lowest BCUT2D eigenvalue weighted by molar-refractivity contribution is 0.142. The molecule has 0 aliphatic carbocycles. The molecule has 0 bridgehead atoms. The fourth-order valence-corrected chi connectivity index (χ4v) is 2.42. The van der Waals surface area contributed by atoms with E-state index >= 15 is 0 Å². The van der Waals surface area contributed by atoms with Crippen molar-refractivity contribution in [1.82, 2.24) is 15.4 Å². The lowest BCUT2D eigenvalue weighted by atomic mass is 10.0. The lowest BCUT2D eigenvalue weighted by Crippen LogP contribution is -2.38. The molecule has 1 aliphatic rings. The van der Waals surface area contributed by atoms with E-state index in [4.69, 9.17) is 11.6 Å². The normalized spacial score (nSPS) is 23.0. The van der Waals surface area contributed by atoms with Crippen molar-refractivity contribution in [2.75, 3.05) is 13.6 Å². The minimum atomic E-state index is 0.428. The first-order chi connectivity index (χ1) is 7.81. The molecule has 16 heavy (non-hydrogen) atoms. The van der Waals surface area contributed by atoms with Crippen molar-refractivity contribution >= 4 is 11.6 Å². The van der Waals surface area contributed by atoms with Gasteiger partial charge in [-0.3, -0.25) is 5.43 Å². The van der Waals surface area contributed by atoms with Crippen LogP contribution in [0.15, 0.2) is 18.3 Å². The molecule has 0 spiro atoms. The second kappa shape index (κ2) is 5.62. The van der Waals surface area contributed by atoms with E-state index in [0.29, 0.717) is 11.2 Å². The summed E-state index contributed by atoms with van der Waals surface area (Å²) >= 11 is 5.81. The predicted molar refractivity (Wildman–Crippen MR) is 66.2 cm³/mol. The second-order valence-electron chi connectivity index (χ2n) is 4.20. The van der Waals surface area contributed by atoms with Gasteiger partial charge in [0.1, 0.15) is 5.15 Å². The van der Waals surface area contributed by atoms with E-state index in [1.807, 2.05) is 19.3 Å². The molecule has 2 rings (SSSR count). The van der Waals surface area contributed by atoms with Crippen molar-refractivity contribution in [2.45, 2.75) is 31.7 Å². The van der Waals surface area contributed by atoms with Gasteiger partial charge in [-0.1, -0.05) is 30.5 Å². The minimum Gasteiger partial charge on any atom is -0.258 e. The van der Waals surface area contributed by atoms with Crippen LogP contribution < -0.4 is 5.43 Å². The van der Waals surface area contributed by atoms with E-state index in [1.165, 1.54) is 31.2 Å². The van der Waals surface area contributed by atoms with Gasteiger partial charge in [-0.25, -0.2) is 9.99 Å². The number of aromatic nitrogens is 1. The van der Waals surface area contributed by atoms with Crippen molar-refractivity contribution in [3.63, 3.8) is 0 Å². The maximum Gasteiger partial charge on any atom is 0.129 e. The van der Waals surface area contributed by atoms with Crippen LogP contribution in [-0.2, 0) is 0 Å². The van der Waals surface area contributed by atoms with E-state index in [-0.39, 0.29) is 0 Å². The average Bonchev–Trinajstić information content (AvgIpc) is 2.55. The highest BCUT2D eigenvalue weighted by atomic mass is 35.5. The first kappa shape index (κ1) is 11.8. The summed E-state index contributed by atoms with van der Waals surface area (Å²) in [6.45, 7) is 1.10. The highest BCUT2D eigenvalue weighted by Crippen LogP contribution is 2.28. The number of hydrogen-bond donors (Lipinski definition) is 1. The molecule has 1 fully saturated rings. The average molecular weight is 240 g/mol. The molecule has 1 N–H and O–H groups in total. The molecule has 3 nitrogen and oxygen atoms in total. The molecule has 88 valence electrons. The molecule has 1 saturated heterocycles. The van der Waals surface area contributed by atoms with Crippen LogP contribution in [0.2, 0.25) is 5.15 Å². The highest BCUT2D eigenvalue weighted by Gasteiger charge is 2.21. The first-order valence-electron chi connectivity index (χ1n) is 5.87. The smallest absolute Gasteiger partial charge is 0.129 e. The van der Waals surface area contributed by atoms with Gasteiger partial charge in [-0.2, -0.15) is 0 Å². The zero-order chi connectivity index (χ0) is 11.4. The molecule has 0 radical (unpaired) electrons. The molecule has 2 heterocycles. The highest BCUT2D eigenvalue weighted by molar-refractivity contribution is 6.29. The van der Waals surface area contributed by atoms with Crippen LogP contribution in [0.1, 0.15) is 37.3 Å². The Morgan fingerprint density at radius 3 is 2.94 bits per heavy atom. The van der Waals surface area contributed by atoms with E-state index < -0.39 is 0 Å². The summed E-state index contributed by atoms with van der Waals surface area (Å²) in [5.41, 5.74) is 4.53. The van der Waals surface area contributed by atoms with Gasteiger partial charge in [0.25, 0.3) is 0 Å². The van der Waals surface area contributed by atoms with Crippen molar-refractivity contribution in [3.05, 3.63) is 29.0 Å². The van der Waals surface area contributed by atoms with Crippen molar-refractivity contribution in [1.29, 1.82) is 0 Å². The summed E-state index contributed by atoms with van der Waals surface area (Å²) in [5.74, 6) is 0. The topological polar surface area (TPSA) is 28.2 Å². The van der Waals surface area contributed by atoms with Crippen LogP contribution in [0, 0.1) is 0 Å². The Morgan fingerprint density at radius 1 is 1.38 bits per heavy atom. The van der Waals surface area contributed by atoms with Gasteiger partial charge in [-0.05, 0) is 31.5 Å². The van der Waals surface area contributed by atoms with E-state index in [2.05, 4.69) is 21.5 Å². The van der Waals surface area contributed by atoms with Gasteiger partial charge < -0.3 is 0 Å². The van der Waals surface area contributed by atoms with Crippen LogP contribution in [0.5, 0.6) is 0 Å². The summed E-state index contributed by atoms with van der Waals surface area (Å²) in [5, 5.41) is 2.87. The zero-order valence-electron chi connectivity index (χ0n) is 9.62. The minimum absolute atomic E-state index is 0.428. The molecular formula is C12H18ClN3. The van der Waals surface area contributed by atoms with Crippen LogP contribution in [0.3, 0.4) is 0 Å². The SMILES string of the molecule is CNN1CCCCCC1c1ccc(Cl)nc1. The standard InChI is InChI=1S/C12H18ClN3/c1-14-16-8-4-2-3-5-11(16)10-6-7-12(13)15-9-10/h6-7,9,11,14H,2-5,8H2,1H3. The maximum atomic E-state index is 5.81. The lowest BCUT2D eigenvalue weighted by Gasteiger charge is -2.28. The maximum absolute atomic E-state index is 5.81. The Bertz CT molecular complexity index is 326. The Labute approximate surface area is 102 Å². The third-order valence-corrected chi connectivity index (χ3v) is 3.40. The summed E-state index contributed by atoms with van der Waals surface area (Å²) in [4.78, 5) is 4.16. The second-order valence-corrected chi connectivity index (χ2v) is 4.58. The molecule has 1 aromatic heterocycles. The van der Waals surface area contributed by atoms with Crippen molar-refractivity contribution in [2.24, 2.45) is 0 Å². The van der Waals surface area contributed by atoms with Crippen molar-refractivity contribution < 1.29 is 0 Å². The van der Waals surface area contributed by atoms with Crippen molar-refractivity contribution in [3.8, 4) is 0 Å². The third-order valence-electron chi connectivity index (χ3n) is 3.18. The van der Waals surface area contributed by atoms with Crippen LogP contribution in [-0.4, -0.2) is 23.6 Å². The summed E-state index contributed by atoms with van der Waals surface area (Å²) in [6.07, 6.45) is 6.94. The zero-order valence-corrected chi connectivity index (χ0v) is 10.4. The molecule has 1 unspecified atom stereocenters. The van der Waals surface area contributed by atoms with Gasteiger partial charge in [0.2, 0.25) is 0 Å². The monoisotopic (exact) mass is 239 g/mol. The first-order valence-corrected chi connectivity index (χ1v) is 6.24. The van der Waals surface area contributed by atoms with E-state index in [9.17, 15) is 0 Å². The summed E-state index contributed by atoms with van der Waals surface area (Å²) in [7, 11) is 1.99. The number of rotatable bonds is 2. The predicted octanol–water partition coefficient (Wildman–Crippen LogP) is 2.79. The number of nitrogens with zero attached hydrogens (tertiary/aromatic N) is 2. The molecular weight excluding hydrogens is 222 g/mol. The Morgan fingerprint density at radius 2 is 2.25 bits per heavy atom. The van der Waals surface area contributed by atoms with Crippen LogP contribution in [0.4, 0.5) is 0 Å². The van der Waals surface area contributed by atoms with Gasteiger partial charge in [0.15, 0.2) is 0 Å². The number of pyridine rings is 1. The quantitative estimate of drug-likeness (QED) is 0.805. The molecule has 1 aliphatic heterocycles. The Balaban J connectivity index is 2.18. The molecule has 0 saturated carbocycles. The fraction of sp³-hybridized carbons (Fsp3) is 0.583. The number of halogens is 1. The van der Waals surface area contributed by atoms with Crippen LogP contribution >= 0.6 is 11.6 Å². The van der Waals surface area contributed by atoms with Gasteiger partial charge in [0, 0.05) is 12.7 Å². The Hall–Kier alpha value is -0.640. The molecule has 1 aromatic rings.